The van der Waals surface area contributed by atoms with Crippen molar-refractivity contribution in [3.8, 4) is 5.75 Å². The highest BCUT2D eigenvalue weighted by molar-refractivity contribution is 6.30. The van der Waals surface area contributed by atoms with Crippen molar-refractivity contribution >= 4 is 11.6 Å². The Balaban J connectivity index is 1.67. The summed E-state index contributed by atoms with van der Waals surface area (Å²) < 4.78 is 5.48. The second-order valence-electron chi connectivity index (χ2n) is 4.86. The average Bonchev–Trinajstić information content (AvgIpc) is 2.47. The van der Waals surface area contributed by atoms with Crippen molar-refractivity contribution in [2.75, 3.05) is 13.2 Å². The molecule has 0 aliphatic rings. The smallest absolute Gasteiger partial charge is 0.120 e. The fraction of sp³-hybridized carbons (Fsp3) is 0.312. The zero-order valence-electron chi connectivity index (χ0n) is 11.9. The Kier molecular flexibility index (Phi) is 5.99. The van der Waals surface area contributed by atoms with Gasteiger partial charge in [0, 0.05) is 30.0 Å². The molecule has 1 heterocycles. The number of rotatable bonds is 7. The monoisotopic (exact) mass is 306 g/mol. The predicted octanol–water partition coefficient (Wildman–Crippen LogP) is 2.57. The van der Waals surface area contributed by atoms with E-state index >= 15 is 0 Å². The molecule has 1 aromatic heterocycles. The molecule has 21 heavy (non-hydrogen) atoms. The van der Waals surface area contributed by atoms with Crippen molar-refractivity contribution in [3.63, 3.8) is 0 Å². The summed E-state index contributed by atoms with van der Waals surface area (Å²) in [7, 11) is 0. The molecule has 1 atom stereocenters. The number of halogens is 1. The number of benzene rings is 1. The Morgan fingerprint density at radius 3 is 2.90 bits per heavy atom. The molecule has 0 spiro atoms. The molecule has 4 nitrogen and oxygen atoms in total. The summed E-state index contributed by atoms with van der Waals surface area (Å²) in [6.45, 7) is 3.30. The zero-order valence-corrected chi connectivity index (χ0v) is 12.7. The number of hydrogen-bond donors (Lipinski definition) is 2. The predicted molar refractivity (Wildman–Crippen MR) is 83.6 cm³/mol. The van der Waals surface area contributed by atoms with Gasteiger partial charge in [0.2, 0.25) is 0 Å². The van der Waals surface area contributed by atoms with Crippen LogP contribution in [0.1, 0.15) is 11.3 Å². The lowest BCUT2D eigenvalue weighted by Crippen LogP contribution is -2.31. The summed E-state index contributed by atoms with van der Waals surface area (Å²) >= 11 is 5.86. The summed E-state index contributed by atoms with van der Waals surface area (Å²) in [5.41, 5.74) is 2.08. The van der Waals surface area contributed by atoms with E-state index in [-0.39, 0.29) is 6.61 Å². The van der Waals surface area contributed by atoms with E-state index in [1.807, 2.05) is 37.4 Å². The third kappa shape index (κ3) is 5.71. The lowest BCUT2D eigenvalue weighted by atomic mass is 10.2. The molecule has 0 aliphatic carbocycles. The topological polar surface area (TPSA) is 54.4 Å². The van der Waals surface area contributed by atoms with Gasteiger partial charge in [-0.05, 0) is 36.8 Å². The standard InChI is InChI=1S/C16H19ClN2O2/c1-12-5-6-13(9-19-12)8-18-10-15(20)11-21-16-4-2-3-14(17)7-16/h2-7,9,15,18,20H,8,10-11H2,1H3. The molecular weight excluding hydrogens is 288 g/mol. The Labute approximate surface area is 129 Å². The van der Waals surface area contributed by atoms with Crippen molar-refractivity contribution in [1.29, 1.82) is 0 Å². The van der Waals surface area contributed by atoms with Gasteiger partial charge in [0.25, 0.3) is 0 Å². The summed E-state index contributed by atoms with van der Waals surface area (Å²) in [4.78, 5) is 4.22. The molecule has 1 aromatic carbocycles. The first-order chi connectivity index (χ1) is 10.1. The van der Waals surface area contributed by atoms with Crippen LogP contribution in [-0.2, 0) is 6.54 Å². The number of aliphatic hydroxyl groups excluding tert-OH is 1. The van der Waals surface area contributed by atoms with Crippen LogP contribution in [0.3, 0.4) is 0 Å². The minimum atomic E-state index is -0.581. The zero-order chi connectivity index (χ0) is 15.1. The number of aromatic nitrogens is 1. The molecule has 0 fully saturated rings. The second kappa shape index (κ2) is 7.98. The maximum Gasteiger partial charge on any atom is 0.120 e. The summed E-state index contributed by atoms with van der Waals surface area (Å²) in [5, 5.41) is 13.7. The number of pyridine rings is 1. The second-order valence-corrected chi connectivity index (χ2v) is 5.30. The van der Waals surface area contributed by atoms with Crippen molar-refractivity contribution in [3.05, 3.63) is 58.9 Å². The van der Waals surface area contributed by atoms with E-state index in [9.17, 15) is 5.11 Å². The van der Waals surface area contributed by atoms with Crippen molar-refractivity contribution in [2.24, 2.45) is 0 Å². The highest BCUT2D eigenvalue weighted by Gasteiger charge is 2.05. The molecule has 5 heteroatoms. The molecule has 2 rings (SSSR count). The maximum atomic E-state index is 9.87. The van der Waals surface area contributed by atoms with Gasteiger partial charge in [0.1, 0.15) is 18.5 Å². The van der Waals surface area contributed by atoms with Gasteiger partial charge in [-0.2, -0.15) is 0 Å². The average molecular weight is 307 g/mol. The molecule has 1 unspecified atom stereocenters. The third-order valence-corrected chi connectivity index (χ3v) is 3.16. The van der Waals surface area contributed by atoms with Crippen molar-refractivity contribution in [1.82, 2.24) is 10.3 Å². The Morgan fingerprint density at radius 1 is 1.33 bits per heavy atom. The van der Waals surface area contributed by atoms with Gasteiger partial charge in [-0.25, -0.2) is 0 Å². The third-order valence-electron chi connectivity index (χ3n) is 2.92. The van der Waals surface area contributed by atoms with Crippen molar-refractivity contribution in [2.45, 2.75) is 19.6 Å². The quantitative estimate of drug-likeness (QED) is 0.825. The van der Waals surface area contributed by atoms with E-state index in [2.05, 4.69) is 10.3 Å². The normalized spacial score (nSPS) is 12.1. The molecule has 0 aliphatic heterocycles. The van der Waals surface area contributed by atoms with Gasteiger partial charge in [0.15, 0.2) is 0 Å². The molecule has 2 N–H and O–H groups in total. The van der Waals surface area contributed by atoms with E-state index in [1.54, 1.807) is 12.1 Å². The number of nitrogens with one attached hydrogen (secondary N) is 1. The van der Waals surface area contributed by atoms with Crippen LogP contribution in [0, 0.1) is 6.92 Å². The van der Waals surface area contributed by atoms with E-state index in [4.69, 9.17) is 16.3 Å². The first-order valence-corrected chi connectivity index (χ1v) is 7.20. The van der Waals surface area contributed by atoms with Gasteiger partial charge < -0.3 is 15.2 Å². The molecule has 0 bridgehead atoms. The molecular formula is C16H19ClN2O2. The summed E-state index contributed by atoms with van der Waals surface area (Å²) in [5.74, 6) is 0.657. The van der Waals surface area contributed by atoms with Crippen molar-refractivity contribution < 1.29 is 9.84 Å². The fourth-order valence-corrected chi connectivity index (χ4v) is 1.97. The van der Waals surface area contributed by atoms with Crippen LogP contribution in [0.2, 0.25) is 5.02 Å². The minimum Gasteiger partial charge on any atom is -0.491 e. The Morgan fingerprint density at radius 2 is 2.19 bits per heavy atom. The first-order valence-electron chi connectivity index (χ1n) is 6.82. The van der Waals surface area contributed by atoms with Gasteiger partial charge in [-0.3, -0.25) is 4.98 Å². The van der Waals surface area contributed by atoms with E-state index in [1.165, 1.54) is 0 Å². The van der Waals surface area contributed by atoms with Crippen LogP contribution in [0.4, 0.5) is 0 Å². The van der Waals surface area contributed by atoms with Gasteiger partial charge in [-0.1, -0.05) is 23.7 Å². The Hall–Kier alpha value is -1.62. The van der Waals surface area contributed by atoms with Crippen LogP contribution in [0.5, 0.6) is 5.75 Å². The highest BCUT2D eigenvalue weighted by atomic mass is 35.5. The highest BCUT2D eigenvalue weighted by Crippen LogP contribution is 2.17. The largest absolute Gasteiger partial charge is 0.491 e. The summed E-state index contributed by atoms with van der Waals surface area (Å²) in [6, 6.07) is 11.1. The van der Waals surface area contributed by atoms with E-state index in [0.717, 1.165) is 11.3 Å². The van der Waals surface area contributed by atoms with E-state index < -0.39 is 6.10 Å². The molecule has 2 aromatic rings. The lowest BCUT2D eigenvalue weighted by Gasteiger charge is -2.13. The summed E-state index contributed by atoms with van der Waals surface area (Å²) in [6.07, 6.45) is 1.25. The SMILES string of the molecule is Cc1ccc(CNCC(O)COc2cccc(Cl)c2)cn1. The van der Waals surface area contributed by atoms with E-state index in [0.29, 0.717) is 23.9 Å². The number of nitrogens with zero attached hydrogens (tertiary/aromatic N) is 1. The van der Waals surface area contributed by atoms with Crippen LogP contribution in [0.15, 0.2) is 42.6 Å². The van der Waals surface area contributed by atoms with Gasteiger partial charge in [0.05, 0.1) is 0 Å². The number of ether oxygens (including phenoxy) is 1. The van der Waals surface area contributed by atoms with Crippen LogP contribution < -0.4 is 10.1 Å². The minimum absolute atomic E-state index is 0.222. The molecule has 0 amide bonds. The van der Waals surface area contributed by atoms with Gasteiger partial charge >= 0.3 is 0 Å². The van der Waals surface area contributed by atoms with Crippen LogP contribution in [-0.4, -0.2) is 29.3 Å². The van der Waals surface area contributed by atoms with Crippen LogP contribution in [0.25, 0.3) is 0 Å². The first kappa shape index (κ1) is 15.8. The number of hydrogen-bond acceptors (Lipinski definition) is 4. The van der Waals surface area contributed by atoms with Gasteiger partial charge in [-0.15, -0.1) is 0 Å². The molecule has 0 radical (unpaired) electrons. The number of aryl methyl sites for hydroxylation is 1. The lowest BCUT2D eigenvalue weighted by molar-refractivity contribution is 0.106. The Bertz CT molecular complexity index is 560. The number of aliphatic hydroxyl groups is 1. The molecule has 112 valence electrons. The fourth-order valence-electron chi connectivity index (χ4n) is 1.79. The molecule has 0 saturated carbocycles. The maximum absolute atomic E-state index is 9.87. The van der Waals surface area contributed by atoms with Crippen LogP contribution >= 0.6 is 11.6 Å². The molecule has 0 saturated heterocycles.